The van der Waals surface area contributed by atoms with Crippen molar-refractivity contribution in [3.8, 4) is 23.3 Å². The molecule has 0 aliphatic rings. The van der Waals surface area contributed by atoms with Gasteiger partial charge in [-0.2, -0.15) is 5.26 Å². The normalized spacial score (nSPS) is 9.53. The maximum atomic E-state index is 9.06. The SMILES string of the molecule is CNc1cc(Oc2ccccc2OC)c(C#N)cn1. The number of hydrogen-bond acceptors (Lipinski definition) is 5. The van der Waals surface area contributed by atoms with E-state index in [1.165, 1.54) is 6.20 Å². The van der Waals surface area contributed by atoms with Gasteiger partial charge >= 0.3 is 0 Å². The molecule has 0 unspecified atom stereocenters. The lowest BCUT2D eigenvalue weighted by Gasteiger charge is -2.11. The molecule has 0 atom stereocenters. The lowest BCUT2D eigenvalue weighted by Crippen LogP contribution is -1.96. The van der Waals surface area contributed by atoms with Gasteiger partial charge in [0.1, 0.15) is 17.5 Å². The first-order chi connectivity index (χ1) is 9.28. The third kappa shape index (κ3) is 2.75. The summed E-state index contributed by atoms with van der Waals surface area (Å²) in [5.74, 6) is 2.22. The predicted octanol–water partition coefficient (Wildman–Crippen LogP) is 2.80. The Bertz CT molecular complexity index is 620. The molecule has 1 aromatic carbocycles. The number of para-hydroxylation sites is 2. The lowest BCUT2D eigenvalue weighted by molar-refractivity contribution is 0.378. The number of ether oxygens (including phenoxy) is 2. The average molecular weight is 255 g/mol. The number of nitriles is 1. The highest BCUT2D eigenvalue weighted by Crippen LogP contribution is 2.33. The summed E-state index contributed by atoms with van der Waals surface area (Å²) in [6.45, 7) is 0. The van der Waals surface area contributed by atoms with Crippen LogP contribution in [0.4, 0.5) is 5.82 Å². The van der Waals surface area contributed by atoms with Gasteiger partial charge < -0.3 is 14.8 Å². The monoisotopic (exact) mass is 255 g/mol. The summed E-state index contributed by atoms with van der Waals surface area (Å²) in [5, 5.41) is 12.0. The van der Waals surface area contributed by atoms with Gasteiger partial charge in [0, 0.05) is 13.1 Å². The number of nitrogens with one attached hydrogen (secondary N) is 1. The number of methoxy groups -OCH3 is 1. The van der Waals surface area contributed by atoms with Crippen molar-refractivity contribution < 1.29 is 9.47 Å². The molecule has 1 heterocycles. The Morgan fingerprint density at radius 2 is 1.95 bits per heavy atom. The van der Waals surface area contributed by atoms with Gasteiger partial charge in [0.05, 0.1) is 13.3 Å². The Hall–Kier alpha value is -2.74. The Labute approximate surface area is 111 Å². The zero-order chi connectivity index (χ0) is 13.7. The Morgan fingerprint density at radius 3 is 2.58 bits per heavy atom. The smallest absolute Gasteiger partial charge is 0.169 e. The van der Waals surface area contributed by atoms with Crippen LogP contribution in [0.15, 0.2) is 36.5 Å². The summed E-state index contributed by atoms with van der Waals surface area (Å²) in [6.07, 6.45) is 1.47. The maximum absolute atomic E-state index is 9.06. The van der Waals surface area contributed by atoms with Crippen molar-refractivity contribution in [3.63, 3.8) is 0 Å². The third-order valence-electron chi connectivity index (χ3n) is 2.53. The molecule has 2 rings (SSSR count). The molecule has 19 heavy (non-hydrogen) atoms. The fraction of sp³-hybridized carbons (Fsp3) is 0.143. The zero-order valence-electron chi connectivity index (χ0n) is 10.7. The van der Waals surface area contributed by atoms with Crippen LogP contribution in [0.5, 0.6) is 17.2 Å². The predicted molar refractivity (Wildman–Crippen MR) is 71.6 cm³/mol. The van der Waals surface area contributed by atoms with Gasteiger partial charge in [-0.3, -0.25) is 0 Å². The molecule has 0 bridgehead atoms. The maximum Gasteiger partial charge on any atom is 0.169 e. The minimum atomic E-state index is 0.366. The first kappa shape index (κ1) is 12.7. The molecular formula is C14H13N3O2. The number of nitrogens with zero attached hydrogens (tertiary/aromatic N) is 2. The van der Waals surface area contributed by atoms with Crippen molar-refractivity contribution in [2.75, 3.05) is 19.5 Å². The molecular weight excluding hydrogens is 242 g/mol. The molecule has 0 spiro atoms. The van der Waals surface area contributed by atoms with Crippen LogP contribution in [-0.2, 0) is 0 Å². The van der Waals surface area contributed by atoms with Crippen molar-refractivity contribution in [1.29, 1.82) is 5.26 Å². The molecule has 0 amide bonds. The molecule has 0 aliphatic carbocycles. The van der Waals surface area contributed by atoms with Gasteiger partial charge in [0.15, 0.2) is 17.2 Å². The highest BCUT2D eigenvalue weighted by molar-refractivity contribution is 5.52. The van der Waals surface area contributed by atoms with Crippen LogP contribution in [0.1, 0.15) is 5.56 Å². The summed E-state index contributed by atoms with van der Waals surface area (Å²) in [6, 6.07) is 11.0. The summed E-state index contributed by atoms with van der Waals surface area (Å²) in [7, 11) is 3.32. The molecule has 0 fully saturated rings. The van der Waals surface area contributed by atoms with Crippen LogP contribution < -0.4 is 14.8 Å². The van der Waals surface area contributed by atoms with E-state index in [1.54, 1.807) is 32.4 Å². The van der Waals surface area contributed by atoms with Crippen molar-refractivity contribution >= 4 is 5.82 Å². The van der Waals surface area contributed by atoms with Gasteiger partial charge in [0.2, 0.25) is 0 Å². The molecule has 2 aromatic rings. The van der Waals surface area contributed by atoms with Gasteiger partial charge in [0.25, 0.3) is 0 Å². The molecule has 1 N–H and O–H groups in total. The van der Waals surface area contributed by atoms with E-state index < -0.39 is 0 Å². The minimum Gasteiger partial charge on any atom is -0.493 e. The van der Waals surface area contributed by atoms with Gasteiger partial charge in [-0.15, -0.1) is 0 Å². The van der Waals surface area contributed by atoms with Crippen LogP contribution in [0, 0.1) is 11.3 Å². The summed E-state index contributed by atoms with van der Waals surface area (Å²) >= 11 is 0. The third-order valence-corrected chi connectivity index (χ3v) is 2.53. The van der Waals surface area contributed by atoms with Crippen LogP contribution in [0.25, 0.3) is 0 Å². The number of benzene rings is 1. The first-order valence-corrected chi connectivity index (χ1v) is 5.67. The highest BCUT2D eigenvalue weighted by Gasteiger charge is 2.10. The van der Waals surface area contributed by atoms with Gasteiger partial charge in [-0.25, -0.2) is 4.98 Å². The summed E-state index contributed by atoms with van der Waals surface area (Å²) in [4.78, 5) is 4.07. The number of rotatable bonds is 4. The fourth-order valence-electron chi connectivity index (χ4n) is 1.56. The van der Waals surface area contributed by atoms with Crippen molar-refractivity contribution in [2.45, 2.75) is 0 Å². The Kier molecular flexibility index (Phi) is 3.84. The topological polar surface area (TPSA) is 67.2 Å². The van der Waals surface area contributed by atoms with E-state index in [2.05, 4.69) is 10.3 Å². The molecule has 5 nitrogen and oxygen atoms in total. The van der Waals surface area contributed by atoms with Crippen molar-refractivity contribution in [3.05, 3.63) is 42.1 Å². The van der Waals surface area contributed by atoms with Crippen molar-refractivity contribution in [2.24, 2.45) is 0 Å². The van der Waals surface area contributed by atoms with Gasteiger partial charge in [-0.05, 0) is 12.1 Å². The summed E-state index contributed by atoms with van der Waals surface area (Å²) < 4.78 is 10.9. The van der Waals surface area contributed by atoms with E-state index in [0.29, 0.717) is 28.6 Å². The molecule has 0 aliphatic heterocycles. The van der Waals surface area contributed by atoms with E-state index in [9.17, 15) is 0 Å². The second-order valence-electron chi connectivity index (χ2n) is 3.68. The largest absolute Gasteiger partial charge is 0.493 e. The molecule has 0 saturated carbocycles. The van der Waals surface area contributed by atoms with Crippen LogP contribution >= 0.6 is 0 Å². The first-order valence-electron chi connectivity index (χ1n) is 5.67. The molecule has 0 saturated heterocycles. The van der Waals surface area contributed by atoms with Crippen molar-refractivity contribution in [1.82, 2.24) is 4.98 Å². The highest BCUT2D eigenvalue weighted by atomic mass is 16.5. The summed E-state index contributed by atoms with van der Waals surface area (Å²) in [5.41, 5.74) is 0.366. The van der Waals surface area contributed by atoms with Crippen LogP contribution in [0.2, 0.25) is 0 Å². The van der Waals surface area contributed by atoms with E-state index in [-0.39, 0.29) is 0 Å². The number of hydrogen-bond donors (Lipinski definition) is 1. The average Bonchev–Trinajstić information content (AvgIpc) is 2.47. The molecule has 1 aromatic heterocycles. The Balaban J connectivity index is 2.39. The van der Waals surface area contributed by atoms with E-state index in [0.717, 1.165) is 0 Å². The molecule has 5 heteroatoms. The zero-order valence-corrected chi connectivity index (χ0v) is 10.7. The number of aromatic nitrogens is 1. The second kappa shape index (κ2) is 5.74. The van der Waals surface area contributed by atoms with Gasteiger partial charge in [-0.1, -0.05) is 12.1 Å². The van der Waals surface area contributed by atoms with Crippen LogP contribution in [0.3, 0.4) is 0 Å². The second-order valence-corrected chi connectivity index (χ2v) is 3.68. The Morgan fingerprint density at radius 1 is 1.21 bits per heavy atom. The van der Waals surface area contributed by atoms with E-state index in [1.807, 2.05) is 18.2 Å². The van der Waals surface area contributed by atoms with Crippen LogP contribution in [-0.4, -0.2) is 19.1 Å². The van der Waals surface area contributed by atoms with E-state index in [4.69, 9.17) is 14.7 Å². The fourth-order valence-corrected chi connectivity index (χ4v) is 1.56. The number of anilines is 1. The number of pyridine rings is 1. The lowest BCUT2D eigenvalue weighted by atomic mass is 10.2. The minimum absolute atomic E-state index is 0.366. The standard InChI is InChI=1S/C14H13N3O2/c1-16-14-7-13(10(8-15)9-17-14)19-12-6-4-3-5-11(12)18-2/h3-7,9H,1-2H3,(H,16,17). The van der Waals surface area contributed by atoms with E-state index >= 15 is 0 Å². The molecule has 0 radical (unpaired) electrons. The quantitative estimate of drug-likeness (QED) is 0.909. The molecule has 96 valence electrons.